The van der Waals surface area contributed by atoms with Gasteiger partial charge in [0.05, 0.1) is 23.2 Å². The second-order valence-corrected chi connectivity index (χ2v) is 7.81. The van der Waals surface area contributed by atoms with Crippen molar-refractivity contribution in [3.63, 3.8) is 0 Å². The molecule has 0 atom stereocenters. The topological polar surface area (TPSA) is 109 Å². The van der Waals surface area contributed by atoms with Crippen molar-refractivity contribution in [1.82, 2.24) is 14.5 Å². The molecule has 0 bridgehead atoms. The first-order valence-electron chi connectivity index (χ1n) is 11.1. The Labute approximate surface area is 200 Å². The van der Waals surface area contributed by atoms with Crippen LogP contribution in [0.1, 0.15) is 33.2 Å². The number of hydrogen-bond acceptors (Lipinski definition) is 7. The van der Waals surface area contributed by atoms with Gasteiger partial charge in [0.1, 0.15) is 23.5 Å². The first-order chi connectivity index (χ1) is 17.1. The standard InChI is InChI=1S/C27H22N4O4/c1-2-34-26(32)18-12-14-19(15-13-18)31-24(28)22(27(33)35-16-17-8-4-3-5-9-17)23-25(31)30-21-11-7-6-10-20(21)29-23/h3-15H,2,16,28H2,1H3. The molecule has 8 heteroatoms. The van der Waals surface area contributed by atoms with Crippen LogP contribution in [0.3, 0.4) is 0 Å². The lowest BCUT2D eigenvalue weighted by Crippen LogP contribution is -2.09. The molecular weight excluding hydrogens is 444 g/mol. The van der Waals surface area contributed by atoms with E-state index in [0.717, 1.165) is 5.56 Å². The smallest absolute Gasteiger partial charge is 0.344 e. The molecule has 2 N–H and O–H groups in total. The number of anilines is 1. The summed E-state index contributed by atoms with van der Waals surface area (Å²) >= 11 is 0. The number of para-hydroxylation sites is 2. The van der Waals surface area contributed by atoms with Crippen molar-refractivity contribution in [1.29, 1.82) is 0 Å². The third-order valence-corrected chi connectivity index (χ3v) is 5.55. The molecule has 0 radical (unpaired) electrons. The summed E-state index contributed by atoms with van der Waals surface area (Å²) in [6.07, 6.45) is 0. The van der Waals surface area contributed by atoms with Gasteiger partial charge in [-0.05, 0) is 48.9 Å². The van der Waals surface area contributed by atoms with Crippen LogP contribution in [0, 0.1) is 0 Å². The van der Waals surface area contributed by atoms with Crippen molar-refractivity contribution < 1.29 is 19.1 Å². The molecule has 0 unspecified atom stereocenters. The molecule has 0 aliphatic rings. The second kappa shape index (κ2) is 9.26. The van der Waals surface area contributed by atoms with E-state index in [9.17, 15) is 9.59 Å². The summed E-state index contributed by atoms with van der Waals surface area (Å²) in [5.41, 5.74) is 10.6. The fourth-order valence-electron chi connectivity index (χ4n) is 3.88. The van der Waals surface area contributed by atoms with E-state index in [1.165, 1.54) is 0 Å². The number of carbonyl (C=O) groups is 2. The number of nitrogen functional groups attached to an aromatic ring is 1. The first-order valence-corrected chi connectivity index (χ1v) is 11.1. The van der Waals surface area contributed by atoms with E-state index in [4.69, 9.17) is 25.2 Å². The summed E-state index contributed by atoms with van der Waals surface area (Å²) in [7, 11) is 0. The van der Waals surface area contributed by atoms with Crippen molar-refractivity contribution in [2.75, 3.05) is 12.3 Å². The Morgan fingerprint density at radius 3 is 2.17 bits per heavy atom. The first kappa shape index (κ1) is 22.1. The maximum atomic E-state index is 13.2. The van der Waals surface area contributed by atoms with Gasteiger partial charge in [0, 0.05) is 5.69 Å². The van der Waals surface area contributed by atoms with Crippen LogP contribution in [0.15, 0.2) is 78.9 Å². The average Bonchev–Trinajstić information content (AvgIpc) is 3.17. The Bertz CT molecular complexity index is 1540. The molecule has 2 heterocycles. The predicted octanol–water partition coefficient (Wildman–Crippen LogP) is 4.69. The molecule has 2 aromatic heterocycles. The number of nitrogens with zero attached hydrogens (tertiary/aromatic N) is 3. The zero-order valence-electron chi connectivity index (χ0n) is 19.0. The largest absolute Gasteiger partial charge is 0.462 e. The Morgan fingerprint density at radius 2 is 1.49 bits per heavy atom. The molecule has 0 saturated carbocycles. The number of ether oxygens (including phenoxy) is 2. The molecule has 3 aromatic carbocycles. The molecule has 0 spiro atoms. The highest BCUT2D eigenvalue weighted by Gasteiger charge is 2.26. The number of benzene rings is 3. The zero-order chi connectivity index (χ0) is 24.4. The maximum absolute atomic E-state index is 13.2. The number of esters is 2. The van der Waals surface area contributed by atoms with Crippen molar-refractivity contribution in [2.45, 2.75) is 13.5 Å². The number of carbonyl (C=O) groups excluding carboxylic acids is 2. The minimum absolute atomic E-state index is 0.0982. The van der Waals surface area contributed by atoms with E-state index in [1.807, 2.05) is 54.6 Å². The fourth-order valence-corrected chi connectivity index (χ4v) is 3.88. The van der Waals surface area contributed by atoms with Crippen LogP contribution in [0.4, 0.5) is 5.82 Å². The van der Waals surface area contributed by atoms with Crippen LogP contribution in [-0.2, 0) is 16.1 Å². The van der Waals surface area contributed by atoms with Crippen molar-refractivity contribution >= 4 is 40.0 Å². The van der Waals surface area contributed by atoms with Crippen LogP contribution in [-0.4, -0.2) is 33.1 Å². The van der Waals surface area contributed by atoms with Gasteiger partial charge in [-0.1, -0.05) is 42.5 Å². The van der Waals surface area contributed by atoms with E-state index in [-0.39, 0.29) is 24.6 Å². The molecule has 35 heavy (non-hydrogen) atoms. The lowest BCUT2D eigenvalue weighted by Gasteiger charge is -2.09. The molecular formula is C27H22N4O4. The highest BCUT2D eigenvalue weighted by Crippen LogP contribution is 2.31. The predicted molar refractivity (Wildman–Crippen MR) is 132 cm³/mol. The summed E-state index contributed by atoms with van der Waals surface area (Å²) in [5, 5.41) is 0. The minimum atomic E-state index is -0.595. The molecule has 0 saturated heterocycles. The van der Waals surface area contributed by atoms with E-state index in [2.05, 4.69) is 0 Å². The lowest BCUT2D eigenvalue weighted by atomic mass is 10.2. The third kappa shape index (κ3) is 4.17. The average molecular weight is 466 g/mol. The van der Waals surface area contributed by atoms with Gasteiger partial charge in [-0.2, -0.15) is 0 Å². The molecule has 174 valence electrons. The normalized spacial score (nSPS) is 11.0. The summed E-state index contributed by atoms with van der Waals surface area (Å²) in [5.74, 6) is -0.861. The summed E-state index contributed by atoms with van der Waals surface area (Å²) < 4.78 is 12.3. The molecule has 0 aliphatic carbocycles. The van der Waals surface area contributed by atoms with Crippen molar-refractivity contribution in [3.8, 4) is 5.69 Å². The van der Waals surface area contributed by atoms with E-state index < -0.39 is 11.9 Å². The minimum Gasteiger partial charge on any atom is -0.462 e. The van der Waals surface area contributed by atoms with Crippen LogP contribution >= 0.6 is 0 Å². The van der Waals surface area contributed by atoms with Gasteiger partial charge < -0.3 is 15.2 Å². The van der Waals surface area contributed by atoms with Crippen molar-refractivity contribution in [3.05, 3.63) is 95.6 Å². The molecule has 0 fully saturated rings. The van der Waals surface area contributed by atoms with E-state index >= 15 is 0 Å². The fraction of sp³-hybridized carbons (Fsp3) is 0.111. The van der Waals surface area contributed by atoms with Crippen LogP contribution < -0.4 is 5.73 Å². The summed E-state index contributed by atoms with van der Waals surface area (Å²) in [6.45, 7) is 2.13. The number of rotatable bonds is 6. The molecule has 0 aliphatic heterocycles. The molecule has 5 aromatic rings. The Hall–Kier alpha value is -4.72. The molecule has 0 amide bonds. The highest BCUT2D eigenvalue weighted by atomic mass is 16.5. The highest BCUT2D eigenvalue weighted by molar-refractivity contribution is 6.09. The maximum Gasteiger partial charge on any atom is 0.344 e. The van der Waals surface area contributed by atoms with Gasteiger partial charge in [0.15, 0.2) is 5.65 Å². The Kier molecular flexibility index (Phi) is 5.85. The van der Waals surface area contributed by atoms with Gasteiger partial charge in [-0.3, -0.25) is 4.57 Å². The van der Waals surface area contributed by atoms with E-state index in [1.54, 1.807) is 35.8 Å². The van der Waals surface area contributed by atoms with Gasteiger partial charge in [-0.15, -0.1) is 0 Å². The monoisotopic (exact) mass is 466 g/mol. The second-order valence-electron chi connectivity index (χ2n) is 7.81. The van der Waals surface area contributed by atoms with E-state index in [0.29, 0.717) is 33.4 Å². The third-order valence-electron chi connectivity index (χ3n) is 5.55. The Balaban J connectivity index is 1.62. The van der Waals surface area contributed by atoms with Gasteiger partial charge in [0.2, 0.25) is 0 Å². The lowest BCUT2D eigenvalue weighted by molar-refractivity contribution is 0.0474. The van der Waals surface area contributed by atoms with Crippen LogP contribution in [0.25, 0.3) is 27.9 Å². The zero-order valence-corrected chi connectivity index (χ0v) is 19.0. The summed E-state index contributed by atoms with van der Waals surface area (Å²) in [4.78, 5) is 34.7. The van der Waals surface area contributed by atoms with Gasteiger partial charge in [-0.25, -0.2) is 19.6 Å². The van der Waals surface area contributed by atoms with Gasteiger partial charge in [0.25, 0.3) is 0 Å². The number of aromatic nitrogens is 3. The number of nitrogens with two attached hydrogens (primary N) is 1. The van der Waals surface area contributed by atoms with Crippen molar-refractivity contribution in [2.24, 2.45) is 0 Å². The van der Waals surface area contributed by atoms with Crippen LogP contribution in [0.5, 0.6) is 0 Å². The number of fused-ring (bicyclic) bond motifs is 2. The quantitative estimate of drug-likeness (QED) is 0.362. The summed E-state index contributed by atoms with van der Waals surface area (Å²) in [6, 6.07) is 23.5. The Morgan fingerprint density at radius 1 is 0.829 bits per heavy atom. The number of hydrogen-bond donors (Lipinski definition) is 1. The van der Waals surface area contributed by atoms with Gasteiger partial charge >= 0.3 is 11.9 Å². The van der Waals surface area contributed by atoms with Crippen LogP contribution in [0.2, 0.25) is 0 Å². The molecule has 5 rings (SSSR count). The molecule has 8 nitrogen and oxygen atoms in total. The SMILES string of the molecule is CCOC(=O)c1ccc(-n2c(N)c(C(=O)OCc3ccccc3)c3nc4ccccc4nc32)cc1.